The molecule has 0 saturated carbocycles. The lowest BCUT2D eigenvalue weighted by Crippen LogP contribution is -2.60. The van der Waals surface area contributed by atoms with Crippen molar-refractivity contribution in [3.05, 3.63) is 0 Å². The van der Waals surface area contributed by atoms with Gasteiger partial charge in [-0.3, -0.25) is 4.79 Å². The number of carbonyl (C=O) groups excluding carboxylic acids is 2. The molecule has 6 heteroatoms. The summed E-state index contributed by atoms with van der Waals surface area (Å²) in [6.45, 7) is 7.46. The maximum absolute atomic E-state index is 12.6. The zero-order valence-electron chi connectivity index (χ0n) is 12.6. The van der Waals surface area contributed by atoms with E-state index >= 15 is 0 Å². The molecule has 0 bridgehead atoms. The Kier molecular flexibility index (Phi) is 4.52. The predicted octanol–water partition coefficient (Wildman–Crippen LogP) is 0.675. The first-order valence-electron chi connectivity index (χ1n) is 7.31. The number of hydrogen-bond donors (Lipinski definition) is 1. The van der Waals surface area contributed by atoms with E-state index in [1.165, 1.54) is 7.11 Å². The monoisotopic (exact) mass is 283 g/mol. The van der Waals surface area contributed by atoms with Crippen molar-refractivity contribution in [1.29, 1.82) is 0 Å². The molecular formula is C14H25N3O3. The van der Waals surface area contributed by atoms with Crippen molar-refractivity contribution >= 4 is 12.0 Å². The summed E-state index contributed by atoms with van der Waals surface area (Å²) in [6.07, 6.45) is 1.87. The SMILES string of the molecule is COC(=O)N1CCN(C(=O)C2NCCCC2(C)C)CC1. The maximum atomic E-state index is 12.6. The molecule has 114 valence electrons. The van der Waals surface area contributed by atoms with Crippen LogP contribution in [0.1, 0.15) is 26.7 Å². The highest BCUT2D eigenvalue weighted by atomic mass is 16.5. The van der Waals surface area contributed by atoms with Crippen LogP contribution in [0.25, 0.3) is 0 Å². The van der Waals surface area contributed by atoms with Crippen molar-refractivity contribution in [3.63, 3.8) is 0 Å². The van der Waals surface area contributed by atoms with Crippen LogP contribution in [0.3, 0.4) is 0 Å². The quantitative estimate of drug-likeness (QED) is 0.768. The van der Waals surface area contributed by atoms with Crippen LogP contribution in [0.15, 0.2) is 0 Å². The molecule has 2 saturated heterocycles. The summed E-state index contributed by atoms with van der Waals surface area (Å²) in [6, 6.07) is -0.110. The molecule has 2 heterocycles. The standard InChI is InChI=1S/C14H25N3O3/c1-14(2)5-4-6-15-11(14)12(18)16-7-9-17(10-8-16)13(19)20-3/h11,15H,4-10H2,1-3H3. The Morgan fingerprint density at radius 3 is 2.30 bits per heavy atom. The van der Waals surface area contributed by atoms with Crippen LogP contribution in [0, 0.1) is 5.41 Å². The average Bonchev–Trinajstić information content (AvgIpc) is 2.45. The fourth-order valence-electron chi connectivity index (χ4n) is 3.05. The first-order chi connectivity index (χ1) is 9.45. The molecule has 0 aromatic rings. The van der Waals surface area contributed by atoms with Crippen LogP contribution in [-0.2, 0) is 9.53 Å². The van der Waals surface area contributed by atoms with Crippen LogP contribution in [0.5, 0.6) is 0 Å². The lowest BCUT2D eigenvalue weighted by Gasteiger charge is -2.42. The third kappa shape index (κ3) is 3.06. The minimum atomic E-state index is -0.312. The van der Waals surface area contributed by atoms with E-state index in [9.17, 15) is 9.59 Å². The van der Waals surface area contributed by atoms with Crippen molar-refractivity contribution in [1.82, 2.24) is 15.1 Å². The number of hydrogen-bond acceptors (Lipinski definition) is 4. The summed E-state index contributed by atoms with van der Waals surface area (Å²) in [5.41, 5.74) is -0.00514. The number of rotatable bonds is 1. The van der Waals surface area contributed by atoms with Crippen LogP contribution in [0.2, 0.25) is 0 Å². The minimum Gasteiger partial charge on any atom is -0.453 e. The van der Waals surface area contributed by atoms with Gasteiger partial charge in [-0.25, -0.2) is 4.79 Å². The Balaban J connectivity index is 1.93. The smallest absolute Gasteiger partial charge is 0.409 e. The molecule has 6 nitrogen and oxygen atoms in total. The summed E-state index contributed by atoms with van der Waals surface area (Å²) in [4.78, 5) is 27.6. The molecular weight excluding hydrogens is 258 g/mol. The zero-order chi connectivity index (χ0) is 14.8. The highest BCUT2D eigenvalue weighted by molar-refractivity contribution is 5.83. The molecule has 2 aliphatic heterocycles. The van der Waals surface area contributed by atoms with E-state index in [-0.39, 0.29) is 23.5 Å². The second-order valence-corrected chi connectivity index (χ2v) is 6.26. The second kappa shape index (κ2) is 5.99. The lowest BCUT2D eigenvalue weighted by molar-refractivity contribution is -0.139. The van der Waals surface area contributed by atoms with Gasteiger partial charge in [0.15, 0.2) is 0 Å². The zero-order valence-corrected chi connectivity index (χ0v) is 12.6. The van der Waals surface area contributed by atoms with Crippen molar-refractivity contribution in [2.75, 3.05) is 39.8 Å². The molecule has 0 spiro atoms. The molecule has 1 unspecified atom stereocenters. The van der Waals surface area contributed by atoms with E-state index in [4.69, 9.17) is 4.74 Å². The van der Waals surface area contributed by atoms with Crippen molar-refractivity contribution in [2.45, 2.75) is 32.7 Å². The van der Waals surface area contributed by atoms with Gasteiger partial charge in [-0.05, 0) is 24.8 Å². The van der Waals surface area contributed by atoms with E-state index < -0.39 is 0 Å². The molecule has 0 aliphatic carbocycles. The summed E-state index contributed by atoms with van der Waals surface area (Å²) in [5.74, 6) is 0.166. The third-order valence-corrected chi connectivity index (χ3v) is 4.40. The van der Waals surface area contributed by atoms with Gasteiger partial charge in [-0.15, -0.1) is 0 Å². The largest absolute Gasteiger partial charge is 0.453 e. The summed E-state index contributed by atoms with van der Waals surface area (Å²) < 4.78 is 4.71. The molecule has 2 fully saturated rings. The number of nitrogens with one attached hydrogen (secondary N) is 1. The molecule has 0 radical (unpaired) electrons. The topological polar surface area (TPSA) is 61.9 Å². The molecule has 1 atom stereocenters. The minimum absolute atomic E-state index is 0.00514. The van der Waals surface area contributed by atoms with Crippen molar-refractivity contribution in [3.8, 4) is 0 Å². The Hall–Kier alpha value is -1.30. The molecule has 2 aliphatic rings. The van der Waals surface area contributed by atoms with Gasteiger partial charge in [0.25, 0.3) is 0 Å². The van der Waals surface area contributed by atoms with Crippen LogP contribution >= 0.6 is 0 Å². The van der Waals surface area contributed by atoms with Crippen molar-refractivity contribution < 1.29 is 14.3 Å². The lowest BCUT2D eigenvalue weighted by atomic mass is 9.77. The first kappa shape index (κ1) is 15.1. The van der Waals surface area contributed by atoms with Gasteiger partial charge in [0.05, 0.1) is 13.2 Å². The number of methoxy groups -OCH3 is 1. The molecule has 2 amide bonds. The van der Waals surface area contributed by atoms with Crippen LogP contribution in [-0.4, -0.2) is 67.7 Å². The summed E-state index contributed by atoms with van der Waals surface area (Å²) >= 11 is 0. The molecule has 1 N–H and O–H groups in total. The molecule has 2 rings (SSSR count). The van der Waals surface area contributed by atoms with Gasteiger partial charge in [0.2, 0.25) is 5.91 Å². The average molecular weight is 283 g/mol. The summed E-state index contributed by atoms with van der Waals surface area (Å²) in [7, 11) is 1.38. The number of amides is 2. The number of piperidine rings is 1. The maximum Gasteiger partial charge on any atom is 0.409 e. The van der Waals surface area contributed by atoms with E-state index in [0.717, 1.165) is 19.4 Å². The van der Waals surface area contributed by atoms with Crippen LogP contribution in [0.4, 0.5) is 4.79 Å². The van der Waals surface area contributed by atoms with Gasteiger partial charge in [-0.2, -0.15) is 0 Å². The van der Waals surface area contributed by atoms with Gasteiger partial charge >= 0.3 is 6.09 Å². The number of ether oxygens (including phenoxy) is 1. The normalized spacial score (nSPS) is 26.2. The Labute approximate surface area is 120 Å². The van der Waals surface area contributed by atoms with Gasteiger partial charge in [0, 0.05) is 26.2 Å². The highest BCUT2D eigenvalue weighted by Crippen LogP contribution is 2.31. The predicted molar refractivity (Wildman–Crippen MR) is 75.4 cm³/mol. The third-order valence-electron chi connectivity index (χ3n) is 4.40. The van der Waals surface area contributed by atoms with E-state index in [1.54, 1.807) is 4.90 Å². The van der Waals surface area contributed by atoms with Gasteiger partial charge < -0.3 is 19.9 Å². The van der Waals surface area contributed by atoms with E-state index in [2.05, 4.69) is 19.2 Å². The molecule has 20 heavy (non-hydrogen) atoms. The van der Waals surface area contributed by atoms with Gasteiger partial charge in [-0.1, -0.05) is 13.8 Å². The number of nitrogens with zero attached hydrogens (tertiary/aromatic N) is 2. The number of piperazine rings is 1. The summed E-state index contributed by atoms with van der Waals surface area (Å²) in [5, 5.41) is 3.36. The Morgan fingerprint density at radius 1 is 1.15 bits per heavy atom. The highest BCUT2D eigenvalue weighted by Gasteiger charge is 2.40. The van der Waals surface area contributed by atoms with Crippen molar-refractivity contribution in [2.24, 2.45) is 5.41 Å². The van der Waals surface area contributed by atoms with Crippen LogP contribution < -0.4 is 5.32 Å². The molecule has 0 aromatic carbocycles. The van der Waals surface area contributed by atoms with Gasteiger partial charge in [0.1, 0.15) is 0 Å². The van der Waals surface area contributed by atoms with E-state index in [0.29, 0.717) is 26.2 Å². The first-order valence-corrected chi connectivity index (χ1v) is 7.31. The Bertz CT molecular complexity index is 376. The fourth-order valence-corrected chi connectivity index (χ4v) is 3.05. The Morgan fingerprint density at radius 2 is 1.75 bits per heavy atom. The van der Waals surface area contributed by atoms with E-state index in [1.807, 2.05) is 4.90 Å². The molecule has 0 aromatic heterocycles. The second-order valence-electron chi connectivity index (χ2n) is 6.26. The fraction of sp³-hybridized carbons (Fsp3) is 0.857. The number of carbonyl (C=O) groups is 2.